The summed E-state index contributed by atoms with van der Waals surface area (Å²) in [5.74, 6) is 0.456. The van der Waals surface area contributed by atoms with Crippen molar-refractivity contribution in [2.75, 3.05) is 11.9 Å². The van der Waals surface area contributed by atoms with Crippen LogP contribution >= 0.6 is 12.2 Å². The predicted octanol–water partition coefficient (Wildman–Crippen LogP) is 5.07. The average molecular weight is 422 g/mol. The van der Waals surface area contributed by atoms with Crippen LogP contribution in [0, 0.1) is 13.8 Å². The summed E-state index contributed by atoms with van der Waals surface area (Å²) in [7, 11) is 3.83. The Morgan fingerprint density at radius 3 is 2.50 bits per heavy atom. The van der Waals surface area contributed by atoms with Crippen molar-refractivity contribution in [2.24, 2.45) is 7.05 Å². The number of thiocarbonyl (C=S) groups is 1. The van der Waals surface area contributed by atoms with E-state index in [0.717, 1.165) is 35.0 Å². The Labute approximate surface area is 182 Å². The van der Waals surface area contributed by atoms with E-state index < -0.39 is 0 Å². The van der Waals surface area contributed by atoms with E-state index in [1.807, 2.05) is 17.0 Å². The van der Waals surface area contributed by atoms with Crippen LogP contribution in [0.2, 0.25) is 0 Å². The summed E-state index contributed by atoms with van der Waals surface area (Å²) in [5, 5.41) is 25.5. The smallest absolute Gasteiger partial charge is 0.177 e. The van der Waals surface area contributed by atoms with Crippen LogP contribution in [0.1, 0.15) is 41.1 Å². The number of hydrogen-bond donors (Lipinski definition) is 3. The Morgan fingerprint density at radius 1 is 1.17 bits per heavy atom. The Morgan fingerprint density at radius 2 is 1.87 bits per heavy atom. The fraction of sp³-hybridized carbons (Fsp3) is 0.292. The standard InChI is InChI=1S/C24H27N3O2S/c1-13-14(2)26(5)21-9-8-17(10-18(13)21)27(24(30)25-4)15(3)19-11-20(16-6-7-16)23(29)12-22(19)28/h8-12,16,28-29H,3,6-7H2,1-2,4-5H3,(H,25,30). The van der Waals surface area contributed by atoms with Crippen LogP contribution in [0.5, 0.6) is 11.5 Å². The van der Waals surface area contributed by atoms with Crippen LogP contribution in [0.3, 0.4) is 0 Å². The summed E-state index contributed by atoms with van der Waals surface area (Å²) in [6.45, 7) is 8.48. The molecule has 5 nitrogen and oxygen atoms in total. The SMILES string of the molecule is C=C(c1cc(C2CC2)c(O)cc1O)N(C(=S)NC)c1ccc2c(c1)c(C)c(C)n2C. The third-order valence-electron chi connectivity index (χ3n) is 6.21. The minimum atomic E-state index is -0.0152. The molecule has 1 aromatic heterocycles. The van der Waals surface area contributed by atoms with Gasteiger partial charge in [-0.05, 0) is 80.2 Å². The fourth-order valence-corrected chi connectivity index (χ4v) is 4.27. The maximum atomic E-state index is 10.6. The molecule has 0 saturated heterocycles. The number of nitrogens with one attached hydrogen (secondary N) is 1. The number of phenolic OH excluding ortho intramolecular Hbond substituents is 2. The zero-order valence-electron chi connectivity index (χ0n) is 17.8. The second-order valence-electron chi connectivity index (χ2n) is 8.01. The van der Waals surface area contributed by atoms with E-state index in [9.17, 15) is 10.2 Å². The summed E-state index contributed by atoms with van der Waals surface area (Å²) in [4.78, 5) is 1.83. The molecule has 30 heavy (non-hydrogen) atoms. The minimum absolute atomic E-state index is 0.0152. The number of aromatic hydroxyl groups is 2. The summed E-state index contributed by atoms with van der Waals surface area (Å²) in [5.41, 5.74) is 6.42. The molecule has 1 aliphatic rings. The highest BCUT2D eigenvalue weighted by Crippen LogP contribution is 2.47. The topological polar surface area (TPSA) is 60.7 Å². The first-order valence-corrected chi connectivity index (χ1v) is 10.5. The monoisotopic (exact) mass is 421 g/mol. The molecule has 1 fully saturated rings. The Kier molecular flexibility index (Phi) is 4.98. The lowest BCUT2D eigenvalue weighted by molar-refractivity contribution is 0.445. The van der Waals surface area contributed by atoms with E-state index >= 15 is 0 Å². The Hall–Kier alpha value is -2.99. The first kappa shape index (κ1) is 20.3. The number of hydrogen-bond acceptors (Lipinski definition) is 3. The van der Waals surface area contributed by atoms with Crippen molar-refractivity contribution in [3.05, 3.63) is 59.3 Å². The maximum absolute atomic E-state index is 10.6. The molecule has 0 unspecified atom stereocenters. The van der Waals surface area contributed by atoms with Crippen LogP contribution < -0.4 is 10.2 Å². The summed E-state index contributed by atoms with van der Waals surface area (Å²) in [6, 6.07) is 9.44. The fourth-order valence-electron chi connectivity index (χ4n) is 4.06. The molecule has 156 valence electrons. The van der Waals surface area contributed by atoms with E-state index in [0.29, 0.717) is 22.3 Å². The quantitative estimate of drug-likeness (QED) is 0.514. The second-order valence-corrected chi connectivity index (χ2v) is 8.40. The third-order valence-corrected chi connectivity index (χ3v) is 6.60. The van der Waals surface area contributed by atoms with Crippen LogP contribution in [-0.4, -0.2) is 26.9 Å². The number of aryl methyl sites for hydroxylation is 2. The molecule has 0 spiro atoms. The first-order valence-electron chi connectivity index (χ1n) is 10.1. The van der Waals surface area contributed by atoms with Gasteiger partial charge < -0.3 is 20.1 Å². The van der Waals surface area contributed by atoms with E-state index in [2.05, 4.69) is 49.5 Å². The predicted molar refractivity (Wildman–Crippen MR) is 127 cm³/mol. The molecule has 3 N–H and O–H groups in total. The van der Waals surface area contributed by atoms with Gasteiger partial charge in [0.25, 0.3) is 0 Å². The van der Waals surface area contributed by atoms with Crippen LogP contribution in [0.4, 0.5) is 5.69 Å². The molecule has 2 aromatic carbocycles. The van der Waals surface area contributed by atoms with E-state index in [1.165, 1.54) is 17.3 Å². The second kappa shape index (κ2) is 7.36. The van der Waals surface area contributed by atoms with Gasteiger partial charge in [0.1, 0.15) is 11.5 Å². The van der Waals surface area contributed by atoms with Crippen molar-refractivity contribution in [2.45, 2.75) is 32.6 Å². The molecule has 6 heteroatoms. The highest BCUT2D eigenvalue weighted by Gasteiger charge is 2.29. The van der Waals surface area contributed by atoms with Gasteiger partial charge in [0, 0.05) is 48.0 Å². The van der Waals surface area contributed by atoms with Crippen molar-refractivity contribution < 1.29 is 10.2 Å². The molecule has 1 saturated carbocycles. The largest absolute Gasteiger partial charge is 0.508 e. The Balaban J connectivity index is 1.84. The lowest BCUT2D eigenvalue weighted by Crippen LogP contribution is -2.36. The molecular formula is C24H27N3O2S. The molecular weight excluding hydrogens is 394 g/mol. The van der Waals surface area contributed by atoms with Crippen molar-refractivity contribution in [3.8, 4) is 11.5 Å². The molecule has 0 bridgehead atoms. The van der Waals surface area contributed by atoms with Crippen molar-refractivity contribution in [3.63, 3.8) is 0 Å². The number of aromatic nitrogens is 1. The van der Waals surface area contributed by atoms with Crippen molar-refractivity contribution >= 4 is 39.6 Å². The lowest BCUT2D eigenvalue weighted by atomic mass is 10.0. The van der Waals surface area contributed by atoms with Gasteiger partial charge in [-0.3, -0.25) is 4.90 Å². The Bertz CT molecular complexity index is 1190. The molecule has 0 atom stereocenters. The molecule has 1 heterocycles. The molecule has 0 amide bonds. The molecule has 0 aliphatic heterocycles. The number of fused-ring (bicyclic) bond motifs is 1. The lowest BCUT2D eigenvalue weighted by Gasteiger charge is -2.28. The van der Waals surface area contributed by atoms with Gasteiger partial charge in [0.15, 0.2) is 5.11 Å². The number of nitrogens with zero attached hydrogens (tertiary/aromatic N) is 2. The summed E-state index contributed by atoms with van der Waals surface area (Å²) >= 11 is 5.61. The van der Waals surface area contributed by atoms with Gasteiger partial charge in [0.05, 0.1) is 5.70 Å². The molecule has 4 rings (SSSR count). The zero-order valence-corrected chi connectivity index (χ0v) is 18.6. The van der Waals surface area contributed by atoms with Gasteiger partial charge in [-0.1, -0.05) is 6.58 Å². The van der Waals surface area contributed by atoms with E-state index in [4.69, 9.17) is 12.2 Å². The van der Waals surface area contributed by atoms with Crippen molar-refractivity contribution in [1.29, 1.82) is 0 Å². The highest BCUT2D eigenvalue weighted by molar-refractivity contribution is 7.80. The van der Waals surface area contributed by atoms with Gasteiger partial charge >= 0.3 is 0 Å². The summed E-state index contributed by atoms with van der Waals surface area (Å²) in [6.07, 6.45) is 2.10. The number of anilines is 1. The van der Waals surface area contributed by atoms with E-state index in [1.54, 1.807) is 7.05 Å². The van der Waals surface area contributed by atoms with Crippen LogP contribution in [0.25, 0.3) is 16.6 Å². The summed E-state index contributed by atoms with van der Waals surface area (Å²) < 4.78 is 2.18. The molecule has 1 aliphatic carbocycles. The van der Waals surface area contributed by atoms with Crippen molar-refractivity contribution in [1.82, 2.24) is 9.88 Å². The van der Waals surface area contributed by atoms with Gasteiger partial charge in [-0.25, -0.2) is 0 Å². The van der Waals surface area contributed by atoms with Gasteiger partial charge in [0.2, 0.25) is 0 Å². The first-order chi connectivity index (χ1) is 14.2. The number of phenols is 2. The number of rotatable bonds is 4. The minimum Gasteiger partial charge on any atom is -0.508 e. The van der Waals surface area contributed by atoms with Crippen LogP contribution in [-0.2, 0) is 7.05 Å². The third kappa shape index (κ3) is 3.21. The highest BCUT2D eigenvalue weighted by atomic mass is 32.1. The van der Waals surface area contributed by atoms with Gasteiger partial charge in [-0.2, -0.15) is 0 Å². The van der Waals surface area contributed by atoms with Gasteiger partial charge in [-0.15, -0.1) is 0 Å². The maximum Gasteiger partial charge on any atom is 0.177 e. The molecule has 0 radical (unpaired) electrons. The average Bonchev–Trinajstić information content (AvgIpc) is 3.54. The zero-order chi connectivity index (χ0) is 21.7. The van der Waals surface area contributed by atoms with Crippen LogP contribution in [0.15, 0.2) is 36.9 Å². The normalized spacial score (nSPS) is 13.5. The molecule has 3 aromatic rings. The van der Waals surface area contributed by atoms with E-state index in [-0.39, 0.29) is 11.5 Å². The number of benzene rings is 2.